The molecule has 0 aromatic carbocycles. The number of alkyl halides is 1. The molecule has 0 saturated heterocycles. The van der Waals surface area contributed by atoms with E-state index in [0.29, 0.717) is 7.68 Å². The maximum atomic E-state index is 10.9. The van der Waals surface area contributed by atoms with Crippen molar-refractivity contribution < 1.29 is 26.3 Å². The van der Waals surface area contributed by atoms with E-state index in [4.69, 9.17) is 0 Å². The molecule has 52 valence electrons. The molecule has 0 spiro atoms. The molecule has 1 unspecified atom stereocenters. The molecule has 0 aromatic rings. The monoisotopic (exact) mass is 352 g/mol. The van der Waals surface area contributed by atoms with Crippen LogP contribution in [0.15, 0.2) is 10.2 Å². The van der Waals surface area contributed by atoms with Gasteiger partial charge >= 0.3 is 76.9 Å². The van der Waals surface area contributed by atoms with E-state index < -0.39 is 0 Å². The molecule has 1 aliphatic heterocycles. The first-order chi connectivity index (χ1) is 4.25. The predicted molar refractivity (Wildman–Crippen MR) is 39.1 cm³/mol. The Labute approximate surface area is 76.4 Å². The van der Waals surface area contributed by atoms with Gasteiger partial charge in [0.1, 0.15) is 0 Å². The first-order valence-electron chi connectivity index (χ1n) is 2.11. The summed E-state index contributed by atoms with van der Waals surface area (Å²) >= 11 is 1.72. The van der Waals surface area contributed by atoms with E-state index in [2.05, 4.69) is 10.2 Å². The van der Waals surface area contributed by atoms with Crippen LogP contribution in [0, 0.1) is 5.21 Å². The van der Waals surface area contributed by atoms with Gasteiger partial charge in [-0.2, -0.15) is 0 Å². The van der Waals surface area contributed by atoms with Crippen molar-refractivity contribution in [2.75, 3.05) is 4.93 Å². The molecule has 1 aliphatic rings. The topological polar surface area (TPSA) is 52.2 Å². The fraction of sp³-hybridized carbons (Fsp3) is 0.333. The van der Waals surface area contributed by atoms with Crippen molar-refractivity contribution >= 4 is 30.3 Å². The molecule has 0 fully saturated rings. The fourth-order valence-corrected chi connectivity index (χ4v) is 2.34. The van der Waals surface area contributed by atoms with E-state index in [-0.39, 0.29) is 26.3 Å². The summed E-state index contributed by atoms with van der Waals surface area (Å²) in [5.74, 6) is 0. The maximum absolute atomic E-state index is 10.9. The zero-order chi connectivity index (χ0) is 6.85. The van der Waals surface area contributed by atoms with Gasteiger partial charge in [0.25, 0.3) is 0 Å². The molecule has 9 heavy (non-hydrogen) atoms. The molecule has 1 rings (SSSR count). The van der Waals surface area contributed by atoms with E-state index in [0.717, 1.165) is 0 Å². The fourth-order valence-electron chi connectivity index (χ4n) is 0.387. The van der Waals surface area contributed by atoms with Crippen molar-refractivity contribution in [2.45, 2.75) is 0 Å². The van der Waals surface area contributed by atoms with Gasteiger partial charge in [-0.15, -0.1) is 0 Å². The van der Waals surface area contributed by atoms with Crippen LogP contribution in [0.4, 0.5) is 0 Å². The van der Waals surface area contributed by atoms with Crippen molar-refractivity contribution in [1.29, 1.82) is 0 Å². The van der Waals surface area contributed by atoms with E-state index >= 15 is 0 Å². The number of hydrogen-bond donors (Lipinski definition) is 1. The molecule has 0 aromatic heterocycles. The zero-order valence-electron chi connectivity index (χ0n) is 4.56. The zero-order valence-corrected chi connectivity index (χ0v) is 8.87. The third-order valence-electron chi connectivity index (χ3n) is 0.779. The first kappa shape index (κ1) is 7.82. The quantitative estimate of drug-likeness (QED) is 0.224. The standard InChI is InChI=1S/C3H4I2N3O/c1-5-3-7-6-2(4)8(3)9/h8H,1H3/q-1. The van der Waals surface area contributed by atoms with Gasteiger partial charge in [-0.05, 0) is 0 Å². The number of quaternary nitrogens is 1. The van der Waals surface area contributed by atoms with Crippen LogP contribution in [0.1, 0.15) is 0 Å². The van der Waals surface area contributed by atoms with Crippen LogP contribution in [-0.4, -0.2) is 12.6 Å². The average molecular weight is 352 g/mol. The van der Waals surface area contributed by atoms with Crippen LogP contribution < -0.4 is 26.3 Å². The summed E-state index contributed by atoms with van der Waals surface area (Å²) in [6, 6.07) is 0. The molecule has 1 heterocycles. The normalized spacial score (nSPS) is 26.3. The molecule has 0 amide bonds. The SMILES string of the molecule is C[I-]C1=NN=C(I)[NH+]1[O-]. The van der Waals surface area contributed by atoms with Crippen LogP contribution in [0.2, 0.25) is 0 Å². The van der Waals surface area contributed by atoms with Crippen LogP contribution >= 0.6 is 22.6 Å². The Morgan fingerprint density at radius 2 is 2.33 bits per heavy atom. The summed E-state index contributed by atoms with van der Waals surface area (Å²) in [6.07, 6.45) is 0. The Hall–Kier alpha value is 0.720. The minimum absolute atomic E-state index is 0.0332. The number of halogens is 2. The van der Waals surface area contributed by atoms with E-state index in [1.807, 2.05) is 27.5 Å². The van der Waals surface area contributed by atoms with Crippen LogP contribution in [0.25, 0.3) is 0 Å². The number of hydrogen-bond acceptors (Lipinski definition) is 3. The van der Waals surface area contributed by atoms with Crippen molar-refractivity contribution in [3.63, 3.8) is 0 Å². The molecule has 4 nitrogen and oxygen atoms in total. The Morgan fingerprint density at radius 1 is 1.67 bits per heavy atom. The van der Waals surface area contributed by atoms with Gasteiger partial charge in [0, 0.05) is 0 Å². The Morgan fingerprint density at radius 3 is 2.56 bits per heavy atom. The van der Waals surface area contributed by atoms with Gasteiger partial charge in [0.05, 0.1) is 0 Å². The number of nitrogens with zero attached hydrogens (tertiary/aromatic N) is 2. The second-order valence-corrected chi connectivity index (χ2v) is 4.42. The van der Waals surface area contributed by atoms with Gasteiger partial charge in [-0.1, -0.05) is 0 Å². The summed E-state index contributed by atoms with van der Waals surface area (Å²) in [5.41, 5.74) is 0. The molecular weight excluding hydrogens is 348 g/mol. The van der Waals surface area contributed by atoms with Crippen molar-refractivity contribution in [2.24, 2.45) is 10.2 Å². The molecule has 1 N–H and O–H groups in total. The summed E-state index contributed by atoms with van der Waals surface area (Å²) in [5, 5.41) is 18.3. The number of hydroxylamine groups is 2. The summed E-state index contributed by atoms with van der Waals surface area (Å²) in [4.78, 5) is 2.00. The average Bonchev–Trinajstić information content (AvgIpc) is 2.15. The number of rotatable bonds is 1. The molecule has 0 radical (unpaired) electrons. The van der Waals surface area contributed by atoms with Gasteiger partial charge in [0.2, 0.25) is 0 Å². The van der Waals surface area contributed by atoms with E-state index in [1.165, 1.54) is 0 Å². The van der Waals surface area contributed by atoms with E-state index in [9.17, 15) is 5.21 Å². The third kappa shape index (κ3) is 1.59. The molecule has 0 bridgehead atoms. The van der Waals surface area contributed by atoms with Crippen LogP contribution in [0.5, 0.6) is 0 Å². The van der Waals surface area contributed by atoms with Crippen LogP contribution in [0.3, 0.4) is 0 Å². The van der Waals surface area contributed by atoms with Crippen molar-refractivity contribution in [3.05, 3.63) is 5.21 Å². The van der Waals surface area contributed by atoms with Gasteiger partial charge in [-0.3, -0.25) is 0 Å². The molecule has 1 atom stereocenters. The summed E-state index contributed by atoms with van der Waals surface area (Å²) in [6.45, 7) is 0. The Kier molecular flexibility index (Phi) is 2.79. The summed E-state index contributed by atoms with van der Waals surface area (Å²) < 4.78 is 1.18. The van der Waals surface area contributed by atoms with E-state index in [1.54, 1.807) is 0 Å². The first-order valence-corrected chi connectivity index (χ1v) is 6.42. The predicted octanol–water partition coefficient (Wildman–Crippen LogP) is -3.84. The minimum atomic E-state index is -0.182. The molecular formula is C3H4I2N3O-. The Balaban J connectivity index is 2.67. The van der Waals surface area contributed by atoms with Gasteiger partial charge < -0.3 is 0 Å². The Bertz CT molecular complexity index is 178. The molecule has 6 heteroatoms. The van der Waals surface area contributed by atoms with Crippen molar-refractivity contribution in [3.8, 4) is 0 Å². The number of amidine groups is 2. The summed E-state index contributed by atoms with van der Waals surface area (Å²) in [7, 11) is 0. The van der Waals surface area contributed by atoms with Gasteiger partial charge in [0.15, 0.2) is 0 Å². The third-order valence-corrected chi connectivity index (χ3v) is 3.21. The molecule has 0 aliphatic carbocycles. The number of nitrogens with one attached hydrogen (secondary N) is 1. The van der Waals surface area contributed by atoms with Crippen molar-refractivity contribution in [1.82, 2.24) is 0 Å². The molecule has 0 saturated carbocycles. The van der Waals surface area contributed by atoms with Crippen LogP contribution in [-0.2, 0) is 0 Å². The second kappa shape index (κ2) is 3.21. The van der Waals surface area contributed by atoms with Gasteiger partial charge in [-0.25, -0.2) is 0 Å². The second-order valence-electron chi connectivity index (χ2n) is 1.30.